The fraction of sp³-hybridized carbons (Fsp3) is 0.455. The predicted molar refractivity (Wildman–Crippen MR) is 70.1 cm³/mol. The van der Waals surface area contributed by atoms with Crippen molar-refractivity contribution in [2.75, 3.05) is 18.1 Å². The van der Waals surface area contributed by atoms with Gasteiger partial charge in [0.2, 0.25) is 5.91 Å². The molecule has 1 rings (SSSR count). The van der Waals surface area contributed by atoms with E-state index in [9.17, 15) is 9.59 Å². The molecular weight excluding hydrogens is 258 g/mol. The van der Waals surface area contributed by atoms with Gasteiger partial charge in [-0.05, 0) is 18.4 Å². The molecule has 0 radical (unpaired) electrons. The molecule has 6 heteroatoms. The standard InChI is InChI=1S/C11H15NO3S2/c1-2-15-11(14)8-16-7-10(13)12-6-9-4-3-5-17-9/h3-5H,2,6-8H2,1H3,(H,12,13). The van der Waals surface area contributed by atoms with Gasteiger partial charge in [0, 0.05) is 4.88 Å². The van der Waals surface area contributed by atoms with Crippen molar-refractivity contribution in [2.24, 2.45) is 0 Å². The summed E-state index contributed by atoms with van der Waals surface area (Å²) in [5, 5.41) is 4.76. The van der Waals surface area contributed by atoms with Gasteiger partial charge in [-0.3, -0.25) is 9.59 Å². The zero-order chi connectivity index (χ0) is 12.5. The smallest absolute Gasteiger partial charge is 0.315 e. The molecule has 1 amide bonds. The van der Waals surface area contributed by atoms with E-state index < -0.39 is 0 Å². The summed E-state index contributed by atoms with van der Waals surface area (Å²) in [6, 6.07) is 3.92. The van der Waals surface area contributed by atoms with Crippen LogP contribution in [0.2, 0.25) is 0 Å². The average Bonchev–Trinajstić information content (AvgIpc) is 2.79. The molecule has 0 unspecified atom stereocenters. The molecule has 0 saturated heterocycles. The third-order valence-electron chi connectivity index (χ3n) is 1.80. The van der Waals surface area contributed by atoms with Crippen molar-refractivity contribution in [2.45, 2.75) is 13.5 Å². The van der Waals surface area contributed by atoms with E-state index in [1.165, 1.54) is 11.8 Å². The molecule has 1 aromatic heterocycles. The Morgan fingerprint density at radius 3 is 2.94 bits per heavy atom. The van der Waals surface area contributed by atoms with Gasteiger partial charge in [-0.1, -0.05) is 6.07 Å². The zero-order valence-corrected chi connectivity index (χ0v) is 11.2. The summed E-state index contributed by atoms with van der Waals surface area (Å²) in [5.74, 6) is 0.168. The Morgan fingerprint density at radius 1 is 1.47 bits per heavy atom. The maximum Gasteiger partial charge on any atom is 0.315 e. The van der Waals surface area contributed by atoms with Crippen LogP contribution in [0.15, 0.2) is 17.5 Å². The second-order valence-electron chi connectivity index (χ2n) is 3.15. The normalized spacial score (nSPS) is 9.94. The summed E-state index contributed by atoms with van der Waals surface area (Å²) in [6.45, 7) is 2.69. The molecule has 0 saturated carbocycles. The first-order valence-electron chi connectivity index (χ1n) is 5.24. The van der Waals surface area contributed by atoms with Gasteiger partial charge in [0.05, 0.1) is 24.7 Å². The number of carbonyl (C=O) groups excluding carboxylic acids is 2. The Bertz CT molecular complexity index is 352. The lowest BCUT2D eigenvalue weighted by Crippen LogP contribution is -2.24. The van der Waals surface area contributed by atoms with Crippen LogP contribution in [0.3, 0.4) is 0 Å². The van der Waals surface area contributed by atoms with Crippen LogP contribution >= 0.6 is 23.1 Å². The van der Waals surface area contributed by atoms with E-state index in [-0.39, 0.29) is 23.4 Å². The lowest BCUT2D eigenvalue weighted by molar-refractivity contribution is -0.139. The maximum atomic E-state index is 11.4. The van der Waals surface area contributed by atoms with Crippen LogP contribution in [0.5, 0.6) is 0 Å². The first-order chi connectivity index (χ1) is 8.22. The summed E-state index contributed by atoms with van der Waals surface area (Å²) in [7, 11) is 0. The number of rotatable bonds is 7. The molecule has 0 aliphatic heterocycles. The molecule has 1 heterocycles. The van der Waals surface area contributed by atoms with Crippen molar-refractivity contribution in [3.8, 4) is 0 Å². The molecule has 0 fully saturated rings. The van der Waals surface area contributed by atoms with Crippen LogP contribution in [0.4, 0.5) is 0 Å². The van der Waals surface area contributed by atoms with Crippen molar-refractivity contribution in [1.29, 1.82) is 0 Å². The van der Waals surface area contributed by atoms with E-state index >= 15 is 0 Å². The minimum atomic E-state index is -0.274. The van der Waals surface area contributed by atoms with Gasteiger partial charge in [0.15, 0.2) is 0 Å². The molecule has 0 aromatic carbocycles. The van der Waals surface area contributed by atoms with E-state index in [1.54, 1.807) is 18.3 Å². The van der Waals surface area contributed by atoms with Crippen LogP contribution in [-0.2, 0) is 20.9 Å². The van der Waals surface area contributed by atoms with Crippen LogP contribution in [0.1, 0.15) is 11.8 Å². The van der Waals surface area contributed by atoms with Crippen LogP contribution in [-0.4, -0.2) is 30.0 Å². The molecule has 0 aliphatic rings. The number of hydrogen-bond acceptors (Lipinski definition) is 5. The molecule has 17 heavy (non-hydrogen) atoms. The average molecular weight is 273 g/mol. The molecular formula is C11H15NO3S2. The number of amides is 1. The maximum absolute atomic E-state index is 11.4. The van der Waals surface area contributed by atoms with Gasteiger partial charge < -0.3 is 10.1 Å². The summed E-state index contributed by atoms with van der Waals surface area (Å²) in [4.78, 5) is 23.5. The highest BCUT2D eigenvalue weighted by molar-refractivity contribution is 8.00. The van der Waals surface area contributed by atoms with Crippen molar-refractivity contribution < 1.29 is 14.3 Å². The highest BCUT2D eigenvalue weighted by Crippen LogP contribution is 2.07. The minimum Gasteiger partial charge on any atom is -0.465 e. The Morgan fingerprint density at radius 2 is 2.29 bits per heavy atom. The number of ether oxygens (including phenoxy) is 1. The fourth-order valence-electron chi connectivity index (χ4n) is 1.08. The molecule has 0 atom stereocenters. The number of carbonyl (C=O) groups is 2. The first-order valence-corrected chi connectivity index (χ1v) is 7.28. The van der Waals surface area contributed by atoms with Crippen molar-refractivity contribution >= 4 is 35.0 Å². The Kier molecular flexibility index (Phi) is 6.73. The number of thiophene rings is 1. The highest BCUT2D eigenvalue weighted by atomic mass is 32.2. The molecule has 0 bridgehead atoms. The van der Waals surface area contributed by atoms with Crippen molar-refractivity contribution in [3.05, 3.63) is 22.4 Å². The van der Waals surface area contributed by atoms with Crippen LogP contribution in [0, 0.1) is 0 Å². The molecule has 94 valence electrons. The summed E-state index contributed by atoms with van der Waals surface area (Å²) in [6.07, 6.45) is 0. The van der Waals surface area contributed by atoms with Crippen molar-refractivity contribution in [3.63, 3.8) is 0 Å². The lowest BCUT2D eigenvalue weighted by atomic mass is 10.4. The second-order valence-corrected chi connectivity index (χ2v) is 5.17. The molecule has 1 aromatic rings. The quantitative estimate of drug-likeness (QED) is 0.768. The van der Waals surface area contributed by atoms with Gasteiger partial charge in [0.25, 0.3) is 0 Å². The van der Waals surface area contributed by atoms with E-state index in [2.05, 4.69) is 5.32 Å². The number of esters is 1. The molecule has 4 nitrogen and oxygen atoms in total. The van der Waals surface area contributed by atoms with Gasteiger partial charge in [-0.15, -0.1) is 23.1 Å². The second kappa shape index (κ2) is 8.14. The zero-order valence-electron chi connectivity index (χ0n) is 9.60. The summed E-state index contributed by atoms with van der Waals surface area (Å²) in [5.41, 5.74) is 0. The van der Waals surface area contributed by atoms with Gasteiger partial charge in [0.1, 0.15) is 0 Å². The topological polar surface area (TPSA) is 55.4 Å². The molecule has 0 spiro atoms. The van der Waals surface area contributed by atoms with E-state index in [0.717, 1.165) is 4.88 Å². The third kappa shape index (κ3) is 6.33. The van der Waals surface area contributed by atoms with Crippen LogP contribution < -0.4 is 5.32 Å². The van der Waals surface area contributed by atoms with Gasteiger partial charge >= 0.3 is 5.97 Å². The predicted octanol–water partition coefficient (Wildman–Crippen LogP) is 1.66. The number of nitrogens with one attached hydrogen (secondary N) is 1. The monoisotopic (exact) mass is 273 g/mol. The summed E-state index contributed by atoms with van der Waals surface area (Å²) >= 11 is 2.87. The number of thioether (sulfide) groups is 1. The van der Waals surface area contributed by atoms with Gasteiger partial charge in [-0.2, -0.15) is 0 Å². The largest absolute Gasteiger partial charge is 0.465 e. The SMILES string of the molecule is CCOC(=O)CSCC(=O)NCc1cccs1. The first kappa shape index (κ1) is 14.1. The Labute approximate surface area is 109 Å². The van der Waals surface area contributed by atoms with E-state index in [0.29, 0.717) is 13.2 Å². The highest BCUT2D eigenvalue weighted by Gasteiger charge is 2.05. The minimum absolute atomic E-state index is 0.0623. The Hall–Kier alpha value is -1.01. The van der Waals surface area contributed by atoms with E-state index in [4.69, 9.17) is 4.74 Å². The Balaban J connectivity index is 2.07. The third-order valence-corrected chi connectivity index (χ3v) is 3.58. The molecule has 0 aliphatic carbocycles. The molecule has 1 N–H and O–H groups in total. The van der Waals surface area contributed by atoms with E-state index in [1.807, 2.05) is 17.5 Å². The van der Waals surface area contributed by atoms with Crippen molar-refractivity contribution in [1.82, 2.24) is 5.32 Å². The van der Waals surface area contributed by atoms with Gasteiger partial charge in [-0.25, -0.2) is 0 Å². The number of hydrogen-bond donors (Lipinski definition) is 1. The fourth-order valence-corrected chi connectivity index (χ4v) is 2.36. The summed E-state index contributed by atoms with van der Waals surface area (Å²) < 4.78 is 4.75. The lowest BCUT2D eigenvalue weighted by Gasteiger charge is -2.03. The van der Waals surface area contributed by atoms with Crippen LogP contribution in [0.25, 0.3) is 0 Å².